The predicted molar refractivity (Wildman–Crippen MR) is 122 cm³/mol. The normalized spacial score (nSPS) is 15.0. The van der Waals surface area contributed by atoms with Crippen molar-refractivity contribution in [3.05, 3.63) is 64.7 Å². The molecule has 0 aromatic heterocycles. The Bertz CT molecular complexity index is 857. The second kappa shape index (κ2) is 10.6. The largest absolute Gasteiger partial charge is 0.343 e. The number of anilines is 1. The van der Waals surface area contributed by atoms with Gasteiger partial charge in [0.2, 0.25) is 5.91 Å². The minimum absolute atomic E-state index is 0.145. The number of carbonyl (C=O) groups excluding carboxylic acids is 2. The highest BCUT2D eigenvalue weighted by Crippen LogP contribution is 2.22. The lowest BCUT2D eigenvalue weighted by Gasteiger charge is -2.33. The lowest BCUT2D eigenvalue weighted by molar-refractivity contribution is -0.136. The molecule has 0 aliphatic carbocycles. The van der Waals surface area contributed by atoms with Gasteiger partial charge in [-0.25, -0.2) is 0 Å². The van der Waals surface area contributed by atoms with Gasteiger partial charge in [0.25, 0.3) is 5.91 Å². The molecule has 0 atom stereocenters. The average molecular weight is 428 g/mol. The van der Waals surface area contributed by atoms with E-state index in [9.17, 15) is 9.59 Å². The molecule has 1 N–H and O–H groups in total. The summed E-state index contributed by atoms with van der Waals surface area (Å²) in [4.78, 5) is 29.3. The van der Waals surface area contributed by atoms with Crippen LogP contribution in [0.15, 0.2) is 48.5 Å². The SMILES string of the molecule is CCN(CC)C(=O)C1CCN(Cc2cccc(NC(=O)c3ccc(Cl)cc3)c2)CC1. The molecular formula is C24H30ClN3O2. The first kappa shape index (κ1) is 22.3. The Morgan fingerprint density at radius 2 is 1.73 bits per heavy atom. The molecule has 0 unspecified atom stereocenters. The number of hydrogen-bond acceptors (Lipinski definition) is 3. The van der Waals surface area contributed by atoms with E-state index in [1.54, 1.807) is 24.3 Å². The van der Waals surface area contributed by atoms with Gasteiger partial charge in [-0.05, 0) is 81.7 Å². The summed E-state index contributed by atoms with van der Waals surface area (Å²) in [5.41, 5.74) is 2.50. The van der Waals surface area contributed by atoms with Crippen LogP contribution in [0.1, 0.15) is 42.6 Å². The van der Waals surface area contributed by atoms with Crippen molar-refractivity contribution in [2.75, 3.05) is 31.5 Å². The predicted octanol–water partition coefficient (Wildman–Crippen LogP) is 4.67. The van der Waals surface area contributed by atoms with E-state index in [2.05, 4.69) is 16.3 Å². The maximum atomic E-state index is 12.6. The molecule has 0 radical (unpaired) electrons. The number of carbonyl (C=O) groups is 2. The van der Waals surface area contributed by atoms with E-state index in [1.807, 2.05) is 36.9 Å². The number of likely N-dealkylation sites (tertiary alicyclic amines) is 1. The van der Waals surface area contributed by atoms with Gasteiger partial charge in [0.15, 0.2) is 0 Å². The van der Waals surface area contributed by atoms with E-state index in [4.69, 9.17) is 11.6 Å². The second-order valence-electron chi connectivity index (χ2n) is 7.72. The van der Waals surface area contributed by atoms with Crippen molar-refractivity contribution in [2.45, 2.75) is 33.2 Å². The zero-order valence-electron chi connectivity index (χ0n) is 17.7. The molecule has 30 heavy (non-hydrogen) atoms. The number of hydrogen-bond donors (Lipinski definition) is 1. The third kappa shape index (κ3) is 5.83. The summed E-state index contributed by atoms with van der Waals surface area (Å²) in [7, 11) is 0. The Hall–Kier alpha value is -2.37. The van der Waals surface area contributed by atoms with Crippen LogP contribution in [0.5, 0.6) is 0 Å². The Morgan fingerprint density at radius 1 is 1.07 bits per heavy atom. The number of nitrogens with zero attached hydrogens (tertiary/aromatic N) is 2. The van der Waals surface area contributed by atoms with E-state index < -0.39 is 0 Å². The number of piperidine rings is 1. The summed E-state index contributed by atoms with van der Waals surface area (Å²) in [6.07, 6.45) is 1.81. The van der Waals surface area contributed by atoms with Gasteiger partial charge in [0, 0.05) is 41.8 Å². The molecule has 1 saturated heterocycles. The first-order valence-electron chi connectivity index (χ1n) is 10.7. The van der Waals surface area contributed by atoms with Gasteiger partial charge >= 0.3 is 0 Å². The molecule has 1 aliphatic heterocycles. The van der Waals surface area contributed by atoms with Crippen molar-refractivity contribution < 1.29 is 9.59 Å². The Labute approximate surface area is 184 Å². The third-order valence-corrected chi connectivity index (χ3v) is 5.96. The fourth-order valence-corrected chi connectivity index (χ4v) is 4.07. The van der Waals surface area contributed by atoms with E-state index in [1.165, 1.54) is 0 Å². The van der Waals surface area contributed by atoms with Crippen molar-refractivity contribution in [1.82, 2.24) is 9.80 Å². The smallest absolute Gasteiger partial charge is 0.255 e. The molecule has 0 saturated carbocycles. The second-order valence-corrected chi connectivity index (χ2v) is 8.16. The molecule has 2 aromatic carbocycles. The first-order chi connectivity index (χ1) is 14.5. The Morgan fingerprint density at radius 3 is 2.37 bits per heavy atom. The van der Waals surface area contributed by atoms with Crippen LogP contribution in [0, 0.1) is 5.92 Å². The zero-order valence-corrected chi connectivity index (χ0v) is 18.5. The molecule has 3 rings (SSSR count). The first-order valence-corrected chi connectivity index (χ1v) is 11.0. The maximum absolute atomic E-state index is 12.6. The Kier molecular flexibility index (Phi) is 7.88. The van der Waals surface area contributed by atoms with Crippen LogP contribution < -0.4 is 5.32 Å². The van der Waals surface area contributed by atoms with Crippen LogP contribution in [-0.4, -0.2) is 47.8 Å². The quantitative estimate of drug-likeness (QED) is 0.698. The van der Waals surface area contributed by atoms with Crippen molar-refractivity contribution >= 4 is 29.1 Å². The summed E-state index contributed by atoms with van der Waals surface area (Å²) in [6, 6.07) is 14.8. The fraction of sp³-hybridized carbons (Fsp3) is 0.417. The number of halogens is 1. The highest BCUT2D eigenvalue weighted by molar-refractivity contribution is 6.30. The van der Waals surface area contributed by atoms with Gasteiger partial charge in [-0.2, -0.15) is 0 Å². The molecular weight excluding hydrogens is 398 g/mol. The summed E-state index contributed by atoms with van der Waals surface area (Å²) in [5.74, 6) is 0.289. The molecule has 1 heterocycles. The van der Waals surface area contributed by atoms with Crippen LogP contribution in [0.3, 0.4) is 0 Å². The van der Waals surface area contributed by atoms with Crippen LogP contribution >= 0.6 is 11.6 Å². The highest BCUT2D eigenvalue weighted by Gasteiger charge is 2.27. The molecule has 1 aliphatic rings. The maximum Gasteiger partial charge on any atom is 0.255 e. The summed E-state index contributed by atoms with van der Waals surface area (Å²) >= 11 is 5.89. The van der Waals surface area contributed by atoms with Crippen LogP contribution in [0.2, 0.25) is 5.02 Å². The fourth-order valence-electron chi connectivity index (χ4n) is 3.94. The monoisotopic (exact) mass is 427 g/mol. The van der Waals surface area contributed by atoms with Crippen LogP contribution in [-0.2, 0) is 11.3 Å². The number of benzene rings is 2. The van der Waals surface area contributed by atoms with Gasteiger partial charge < -0.3 is 10.2 Å². The highest BCUT2D eigenvalue weighted by atomic mass is 35.5. The molecule has 2 amide bonds. The minimum atomic E-state index is -0.153. The molecule has 0 bridgehead atoms. The molecule has 1 fully saturated rings. The molecule has 6 heteroatoms. The number of rotatable bonds is 7. The van der Waals surface area contributed by atoms with Gasteiger partial charge in [0.1, 0.15) is 0 Å². The van der Waals surface area contributed by atoms with Crippen molar-refractivity contribution in [1.29, 1.82) is 0 Å². The summed E-state index contributed by atoms with van der Waals surface area (Å²) in [6.45, 7) is 8.29. The van der Waals surface area contributed by atoms with Gasteiger partial charge in [-0.1, -0.05) is 23.7 Å². The molecule has 0 spiro atoms. The summed E-state index contributed by atoms with van der Waals surface area (Å²) in [5, 5.41) is 3.56. The lowest BCUT2D eigenvalue weighted by atomic mass is 9.95. The Balaban J connectivity index is 1.54. The van der Waals surface area contributed by atoms with Crippen LogP contribution in [0.25, 0.3) is 0 Å². The summed E-state index contributed by atoms with van der Waals surface area (Å²) < 4.78 is 0. The molecule has 5 nitrogen and oxygen atoms in total. The lowest BCUT2D eigenvalue weighted by Crippen LogP contribution is -2.42. The number of amides is 2. The van der Waals surface area contributed by atoms with Crippen molar-refractivity contribution in [2.24, 2.45) is 5.92 Å². The third-order valence-electron chi connectivity index (χ3n) is 5.71. The van der Waals surface area contributed by atoms with E-state index in [0.717, 1.165) is 56.8 Å². The minimum Gasteiger partial charge on any atom is -0.343 e. The number of nitrogens with one attached hydrogen (secondary N) is 1. The van der Waals surface area contributed by atoms with Gasteiger partial charge in [0.05, 0.1) is 0 Å². The van der Waals surface area contributed by atoms with E-state index >= 15 is 0 Å². The van der Waals surface area contributed by atoms with Gasteiger partial charge in [-0.3, -0.25) is 14.5 Å². The topological polar surface area (TPSA) is 52.7 Å². The van der Waals surface area contributed by atoms with E-state index in [-0.39, 0.29) is 11.8 Å². The van der Waals surface area contributed by atoms with Crippen molar-refractivity contribution in [3.8, 4) is 0 Å². The molecule has 2 aromatic rings. The van der Waals surface area contributed by atoms with E-state index in [0.29, 0.717) is 16.5 Å². The average Bonchev–Trinajstić information content (AvgIpc) is 2.76. The standard InChI is InChI=1S/C24H30ClN3O2/c1-3-28(4-2)24(30)20-12-14-27(15-13-20)17-18-6-5-7-22(16-18)26-23(29)19-8-10-21(25)11-9-19/h5-11,16,20H,3-4,12-15,17H2,1-2H3,(H,26,29). The van der Waals surface area contributed by atoms with Crippen molar-refractivity contribution in [3.63, 3.8) is 0 Å². The zero-order chi connectivity index (χ0) is 21.5. The van der Waals surface area contributed by atoms with Crippen LogP contribution in [0.4, 0.5) is 5.69 Å². The molecule has 160 valence electrons. The van der Waals surface area contributed by atoms with Gasteiger partial charge in [-0.15, -0.1) is 0 Å².